The van der Waals surface area contributed by atoms with Crippen LogP contribution in [-0.4, -0.2) is 37.0 Å². The number of benzene rings is 1. The first-order chi connectivity index (χ1) is 9.42. The number of hydrogen-bond acceptors (Lipinski definition) is 4. The number of aliphatic hydroxyl groups excluding tert-OH is 1. The third-order valence-corrected chi connectivity index (χ3v) is 4.94. The molecule has 0 amide bonds. The van der Waals surface area contributed by atoms with Crippen LogP contribution in [0.2, 0.25) is 0 Å². The summed E-state index contributed by atoms with van der Waals surface area (Å²) in [6.07, 6.45) is 0.400. The van der Waals surface area contributed by atoms with Gasteiger partial charge in [-0.1, -0.05) is 18.2 Å². The van der Waals surface area contributed by atoms with Gasteiger partial charge in [-0.2, -0.15) is 9.57 Å². The lowest BCUT2D eigenvalue weighted by Gasteiger charge is -2.25. The molecule has 0 unspecified atom stereocenters. The highest BCUT2D eigenvalue weighted by atomic mass is 32.2. The Morgan fingerprint density at radius 2 is 2.00 bits per heavy atom. The molecule has 0 fully saturated rings. The molecule has 20 heavy (non-hydrogen) atoms. The Morgan fingerprint density at radius 1 is 1.35 bits per heavy atom. The van der Waals surface area contributed by atoms with E-state index in [1.54, 1.807) is 38.1 Å². The van der Waals surface area contributed by atoms with Crippen molar-refractivity contribution in [3.05, 3.63) is 35.4 Å². The van der Waals surface area contributed by atoms with Gasteiger partial charge in [0, 0.05) is 19.2 Å². The second kappa shape index (κ2) is 7.39. The summed E-state index contributed by atoms with van der Waals surface area (Å²) in [6.45, 7) is 3.83. The van der Waals surface area contributed by atoms with Crippen LogP contribution in [0.5, 0.6) is 0 Å². The Kier molecular flexibility index (Phi) is 6.14. The third-order valence-electron chi connectivity index (χ3n) is 2.95. The largest absolute Gasteiger partial charge is 0.396 e. The zero-order chi connectivity index (χ0) is 15.2. The average Bonchev–Trinajstić information content (AvgIpc) is 2.38. The predicted octanol–water partition coefficient (Wildman–Crippen LogP) is 1.48. The molecule has 1 aromatic rings. The quantitative estimate of drug-likeness (QED) is 0.826. The molecule has 0 bridgehead atoms. The maximum atomic E-state index is 12.5. The van der Waals surface area contributed by atoms with Gasteiger partial charge in [-0.25, -0.2) is 8.42 Å². The Bertz CT molecular complexity index is 576. The SMILES string of the molecule is CC(C)N(CCCO)S(=O)(=O)Cc1ccccc1C#N. The van der Waals surface area contributed by atoms with Crippen molar-refractivity contribution in [2.24, 2.45) is 0 Å². The van der Waals surface area contributed by atoms with E-state index < -0.39 is 10.0 Å². The van der Waals surface area contributed by atoms with Crippen molar-refractivity contribution in [2.75, 3.05) is 13.2 Å². The summed E-state index contributed by atoms with van der Waals surface area (Å²) in [7, 11) is -3.51. The average molecular weight is 296 g/mol. The van der Waals surface area contributed by atoms with Crippen LogP contribution in [0, 0.1) is 11.3 Å². The molecular formula is C14H20N2O3S. The number of nitriles is 1. The van der Waals surface area contributed by atoms with E-state index in [4.69, 9.17) is 10.4 Å². The smallest absolute Gasteiger partial charge is 0.218 e. The summed E-state index contributed by atoms with van der Waals surface area (Å²) < 4.78 is 26.3. The molecule has 6 heteroatoms. The zero-order valence-electron chi connectivity index (χ0n) is 11.8. The summed E-state index contributed by atoms with van der Waals surface area (Å²) in [6, 6.07) is 8.52. The van der Waals surface area contributed by atoms with Crippen LogP contribution in [0.3, 0.4) is 0 Å². The van der Waals surface area contributed by atoms with Crippen LogP contribution in [0.1, 0.15) is 31.4 Å². The van der Waals surface area contributed by atoms with Crippen molar-refractivity contribution in [1.29, 1.82) is 5.26 Å². The van der Waals surface area contributed by atoms with Gasteiger partial charge in [-0.15, -0.1) is 0 Å². The maximum Gasteiger partial charge on any atom is 0.218 e. The van der Waals surface area contributed by atoms with E-state index in [0.717, 1.165) is 0 Å². The minimum atomic E-state index is -3.51. The van der Waals surface area contributed by atoms with Crippen molar-refractivity contribution in [2.45, 2.75) is 32.1 Å². The molecule has 0 heterocycles. The van der Waals surface area contributed by atoms with Gasteiger partial charge in [-0.3, -0.25) is 0 Å². The van der Waals surface area contributed by atoms with Crippen molar-refractivity contribution in [3.63, 3.8) is 0 Å². The van der Waals surface area contributed by atoms with Crippen LogP contribution in [0.4, 0.5) is 0 Å². The molecule has 0 aliphatic rings. The number of aliphatic hydroxyl groups is 1. The van der Waals surface area contributed by atoms with Gasteiger partial charge in [0.1, 0.15) is 0 Å². The van der Waals surface area contributed by atoms with Gasteiger partial charge >= 0.3 is 0 Å². The fourth-order valence-electron chi connectivity index (χ4n) is 1.98. The van der Waals surface area contributed by atoms with Crippen LogP contribution < -0.4 is 0 Å². The Hall–Kier alpha value is -1.42. The summed E-state index contributed by atoms with van der Waals surface area (Å²) in [5, 5.41) is 17.9. The number of rotatable bonds is 7. The minimum Gasteiger partial charge on any atom is -0.396 e. The standard InChI is InChI=1S/C14H20N2O3S/c1-12(2)16(8-5-9-17)20(18,19)11-14-7-4-3-6-13(14)10-15/h3-4,6-7,12,17H,5,8-9,11H2,1-2H3. The number of sulfonamides is 1. The molecular weight excluding hydrogens is 276 g/mol. The lowest BCUT2D eigenvalue weighted by molar-refractivity contribution is 0.258. The first-order valence-corrected chi connectivity index (χ1v) is 8.11. The van der Waals surface area contributed by atoms with Gasteiger partial charge < -0.3 is 5.11 Å². The highest BCUT2D eigenvalue weighted by molar-refractivity contribution is 7.88. The summed E-state index contributed by atoms with van der Waals surface area (Å²) in [4.78, 5) is 0. The van der Waals surface area contributed by atoms with Gasteiger partial charge in [-0.05, 0) is 31.9 Å². The predicted molar refractivity (Wildman–Crippen MR) is 77.3 cm³/mol. The van der Waals surface area contributed by atoms with Crippen LogP contribution in [-0.2, 0) is 15.8 Å². The van der Waals surface area contributed by atoms with E-state index in [2.05, 4.69) is 0 Å². The van der Waals surface area contributed by atoms with E-state index in [1.165, 1.54) is 4.31 Å². The van der Waals surface area contributed by atoms with E-state index in [1.807, 2.05) is 6.07 Å². The fourth-order valence-corrected chi connectivity index (χ4v) is 3.84. The molecule has 1 N–H and O–H groups in total. The second-order valence-corrected chi connectivity index (χ2v) is 6.73. The lowest BCUT2D eigenvalue weighted by Crippen LogP contribution is -2.38. The monoisotopic (exact) mass is 296 g/mol. The molecule has 110 valence electrons. The molecule has 0 aliphatic heterocycles. The van der Waals surface area contributed by atoms with Crippen molar-refractivity contribution in [3.8, 4) is 6.07 Å². The Balaban J connectivity index is 3.00. The van der Waals surface area contributed by atoms with E-state index >= 15 is 0 Å². The summed E-state index contributed by atoms with van der Waals surface area (Å²) in [5.41, 5.74) is 0.881. The molecule has 0 atom stereocenters. The van der Waals surface area contributed by atoms with Crippen LogP contribution in [0.15, 0.2) is 24.3 Å². The highest BCUT2D eigenvalue weighted by Crippen LogP contribution is 2.17. The topological polar surface area (TPSA) is 81.4 Å². The molecule has 0 saturated carbocycles. The van der Waals surface area contributed by atoms with Crippen LogP contribution in [0.25, 0.3) is 0 Å². The van der Waals surface area contributed by atoms with Crippen molar-refractivity contribution in [1.82, 2.24) is 4.31 Å². The molecule has 0 spiro atoms. The van der Waals surface area contributed by atoms with Gasteiger partial charge in [0.05, 0.1) is 17.4 Å². The van der Waals surface area contributed by atoms with Crippen molar-refractivity contribution < 1.29 is 13.5 Å². The molecule has 1 aromatic carbocycles. The van der Waals surface area contributed by atoms with E-state index in [-0.39, 0.29) is 24.9 Å². The van der Waals surface area contributed by atoms with E-state index in [0.29, 0.717) is 17.5 Å². The first-order valence-electron chi connectivity index (χ1n) is 6.50. The lowest BCUT2D eigenvalue weighted by atomic mass is 10.1. The molecule has 5 nitrogen and oxygen atoms in total. The molecule has 0 saturated heterocycles. The molecule has 0 aliphatic carbocycles. The van der Waals surface area contributed by atoms with Gasteiger partial charge in [0.25, 0.3) is 0 Å². The molecule has 1 rings (SSSR count). The van der Waals surface area contributed by atoms with Crippen molar-refractivity contribution >= 4 is 10.0 Å². The third kappa shape index (κ3) is 4.30. The van der Waals surface area contributed by atoms with Gasteiger partial charge in [0.15, 0.2) is 0 Å². The highest BCUT2D eigenvalue weighted by Gasteiger charge is 2.25. The van der Waals surface area contributed by atoms with E-state index in [9.17, 15) is 8.42 Å². The maximum absolute atomic E-state index is 12.5. The zero-order valence-corrected chi connectivity index (χ0v) is 12.6. The minimum absolute atomic E-state index is 0.0481. The Morgan fingerprint density at radius 3 is 2.55 bits per heavy atom. The molecule has 0 aromatic heterocycles. The fraction of sp³-hybridized carbons (Fsp3) is 0.500. The Labute approximate surface area is 120 Å². The van der Waals surface area contributed by atoms with Crippen LogP contribution >= 0.6 is 0 Å². The first kappa shape index (κ1) is 16.6. The number of hydrogen-bond donors (Lipinski definition) is 1. The van der Waals surface area contributed by atoms with Gasteiger partial charge in [0.2, 0.25) is 10.0 Å². The normalized spacial score (nSPS) is 11.8. The second-order valence-electron chi connectivity index (χ2n) is 4.81. The summed E-state index contributed by atoms with van der Waals surface area (Å²) in [5.74, 6) is -0.194. The summed E-state index contributed by atoms with van der Waals surface area (Å²) >= 11 is 0. The number of nitrogens with zero attached hydrogens (tertiary/aromatic N) is 2. The molecule has 0 radical (unpaired) electrons.